The molecule has 0 rings (SSSR count). The molecule has 0 bridgehead atoms. The Morgan fingerprint density at radius 1 is 1.25 bits per heavy atom. The number of hydrogen-bond donors (Lipinski definition) is 0. The predicted molar refractivity (Wildman–Crippen MR) is 49.9 cm³/mol. The van der Waals surface area contributed by atoms with Crippen LogP contribution in [0.5, 0.6) is 0 Å². The summed E-state index contributed by atoms with van der Waals surface area (Å²) in [5.74, 6) is 0. The van der Waals surface area contributed by atoms with Crippen molar-refractivity contribution in [3.8, 4) is 0 Å². The van der Waals surface area contributed by atoms with Gasteiger partial charge in [0.25, 0.3) is 0 Å². The van der Waals surface area contributed by atoms with Crippen molar-refractivity contribution in [1.29, 1.82) is 0 Å². The summed E-state index contributed by atoms with van der Waals surface area (Å²) in [5, 5.41) is -2.90. The normalized spacial score (nSPS) is 16.2. The topological polar surface area (TPSA) is 66.4 Å². The first-order valence-electron chi connectivity index (χ1n) is 4.49. The first-order chi connectivity index (χ1) is 6.84. The van der Waals surface area contributed by atoms with Crippen LogP contribution in [0.4, 0.5) is 13.2 Å². The molecule has 0 aromatic rings. The van der Waals surface area contributed by atoms with Crippen molar-refractivity contribution in [3.05, 3.63) is 0 Å². The fourth-order valence-corrected chi connectivity index (χ4v) is 1.66. The van der Waals surface area contributed by atoms with E-state index < -0.39 is 40.2 Å². The van der Waals surface area contributed by atoms with Crippen molar-refractivity contribution in [1.82, 2.24) is 0 Å². The first-order valence-corrected chi connectivity index (χ1v) is 5.96. The Morgan fingerprint density at radius 2 is 1.69 bits per heavy atom. The lowest BCUT2D eigenvalue weighted by atomic mass is 10.2. The molecule has 0 amide bonds. The zero-order valence-corrected chi connectivity index (χ0v) is 9.98. The molecular formula is C8H14F3O4S-. The van der Waals surface area contributed by atoms with Crippen molar-refractivity contribution >= 4 is 10.1 Å². The van der Waals surface area contributed by atoms with Gasteiger partial charge in [-0.15, -0.1) is 0 Å². The van der Waals surface area contributed by atoms with Crippen molar-refractivity contribution in [2.75, 3.05) is 6.61 Å². The lowest BCUT2D eigenvalue weighted by Gasteiger charge is -2.25. The molecule has 0 aromatic heterocycles. The van der Waals surface area contributed by atoms with Crippen LogP contribution in [0.2, 0.25) is 0 Å². The minimum Gasteiger partial charge on any atom is -0.747 e. The van der Waals surface area contributed by atoms with Gasteiger partial charge in [-0.25, -0.2) is 8.42 Å². The molecule has 0 spiro atoms. The van der Waals surface area contributed by atoms with Gasteiger partial charge in [0.15, 0.2) is 0 Å². The van der Waals surface area contributed by atoms with Gasteiger partial charge in [0.05, 0.1) is 5.60 Å². The molecule has 1 atom stereocenters. The maximum absolute atomic E-state index is 12.2. The van der Waals surface area contributed by atoms with E-state index >= 15 is 0 Å². The number of halogens is 3. The highest BCUT2D eigenvalue weighted by molar-refractivity contribution is 7.86. The fourth-order valence-electron chi connectivity index (χ4n) is 0.944. The van der Waals surface area contributed by atoms with Gasteiger partial charge in [0, 0.05) is 6.61 Å². The van der Waals surface area contributed by atoms with E-state index in [1.165, 1.54) is 0 Å². The summed E-state index contributed by atoms with van der Waals surface area (Å²) in [6.45, 7) is 4.40. The molecule has 98 valence electrons. The molecule has 0 aliphatic carbocycles. The third-order valence-electron chi connectivity index (χ3n) is 1.63. The van der Waals surface area contributed by atoms with Gasteiger partial charge in [-0.2, -0.15) is 13.2 Å². The maximum Gasteiger partial charge on any atom is 0.404 e. The van der Waals surface area contributed by atoms with Gasteiger partial charge >= 0.3 is 6.18 Å². The number of ether oxygens (including phenoxy) is 1. The highest BCUT2D eigenvalue weighted by atomic mass is 32.2. The molecule has 0 aromatic carbocycles. The lowest BCUT2D eigenvalue weighted by Crippen LogP contribution is -2.38. The summed E-state index contributed by atoms with van der Waals surface area (Å²) >= 11 is 0. The zero-order chi connectivity index (χ0) is 13.2. The van der Waals surface area contributed by atoms with Crippen LogP contribution in [0, 0.1) is 0 Å². The minimum absolute atomic E-state index is 0.435. The molecule has 0 saturated heterocycles. The van der Waals surface area contributed by atoms with E-state index in [4.69, 9.17) is 4.74 Å². The molecule has 0 saturated carbocycles. The van der Waals surface area contributed by atoms with Gasteiger partial charge in [0.2, 0.25) is 0 Å². The Morgan fingerprint density at radius 3 is 1.94 bits per heavy atom. The Kier molecular flexibility index (Phi) is 4.78. The molecule has 4 nitrogen and oxygen atoms in total. The second kappa shape index (κ2) is 4.89. The van der Waals surface area contributed by atoms with Gasteiger partial charge < -0.3 is 9.29 Å². The van der Waals surface area contributed by atoms with Crippen molar-refractivity contribution in [2.45, 2.75) is 44.2 Å². The van der Waals surface area contributed by atoms with Crippen LogP contribution in [0.3, 0.4) is 0 Å². The minimum atomic E-state index is -5.40. The SMILES string of the molecule is CC(C)(C)OCCC(C(F)(F)F)S(=O)(=O)[O-]. The average molecular weight is 263 g/mol. The van der Waals surface area contributed by atoms with E-state index in [9.17, 15) is 26.1 Å². The Balaban J connectivity index is 4.50. The average Bonchev–Trinajstić information content (AvgIpc) is 1.90. The summed E-state index contributed by atoms with van der Waals surface area (Å²) < 4.78 is 72.8. The lowest BCUT2D eigenvalue weighted by molar-refractivity contribution is -0.137. The summed E-state index contributed by atoms with van der Waals surface area (Å²) in [6, 6.07) is 0. The number of alkyl halides is 3. The quantitative estimate of drug-likeness (QED) is 0.723. The molecule has 8 heteroatoms. The molecule has 0 aliphatic heterocycles. The second-order valence-corrected chi connectivity index (χ2v) is 5.83. The molecule has 16 heavy (non-hydrogen) atoms. The Hall–Kier alpha value is -0.340. The zero-order valence-electron chi connectivity index (χ0n) is 9.17. The van der Waals surface area contributed by atoms with E-state index in [1.807, 2.05) is 0 Å². The smallest absolute Gasteiger partial charge is 0.404 e. The summed E-state index contributed by atoms with van der Waals surface area (Å²) in [7, 11) is -5.40. The molecule has 0 radical (unpaired) electrons. The highest BCUT2D eigenvalue weighted by Gasteiger charge is 2.44. The standard InChI is InChI=1S/C8H15F3O4S/c1-7(2,3)15-5-4-6(8(9,10)11)16(12,13)14/h6H,4-5H2,1-3H3,(H,12,13,14)/p-1. The third kappa shape index (κ3) is 6.29. The van der Waals surface area contributed by atoms with Crippen molar-refractivity contribution in [3.63, 3.8) is 0 Å². The molecule has 1 unspecified atom stereocenters. The predicted octanol–water partition coefficient (Wildman–Crippen LogP) is 1.67. The largest absolute Gasteiger partial charge is 0.747 e. The fraction of sp³-hybridized carbons (Fsp3) is 1.00. The molecule has 0 fully saturated rings. The first kappa shape index (κ1) is 15.7. The van der Waals surface area contributed by atoms with Crippen LogP contribution in [0.15, 0.2) is 0 Å². The van der Waals surface area contributed by atoms with E-state index in [2.05, 4.69) is 0 Å². The molecular weight excluding hydrogens is 249 g/mol. The summed E-state index contributed by atoms with van der Waals surface area (Å²) in [6.07, 6.45) is -5.94. The third-order valence-corrected chi connectivity index (χ3v) is 2.83. The summed E-state index contributed by atoms with van der Waals surface area (Å²) in [5.41, 5.74) is -0.678. The maximum atomic E-state index is 12.2. The summed E-state index contributed by atoms with van der Waals surface area (Å²) in [4.78, 5) is 0. The second-order valence-electron chi connectivity index (χ2n) is 4.27. The van der Waals surface area contributed by atoms with E-state index in [1.54, 1.807) is 20.8 Å². The number of hydrogen-bond acceptors (Lipinski definition) is 4. The van der Waals surface area contributed by atoms with E-state index in [-0.39, 0.29) is 0 Å². The van der Waals surface area contributed by atoms with Crippen LogP contribution in [-0.2, 0) is 14.9 Å². The van der Waals surface area contributed by atoms with Crippen LogP contribution in [0.25, 0.3) is 0 Å². The van der Waals surface area contributed by atoms with Crippen LogP contribution in [-0.4, -0.2) is 36.6 Å². The van der Waals surface area contributed by atoms with Crippen molar-refractivity contribution in [2.24, 2.45) is 0 Å². The van der Waals surface area contributed by atoms with Gasteiger partial charge in [-0.1, -0.05) is 0 Å². The number of rotatable bonds is 4. The molecule has 0 N–H and O–H groups in total. The van der Waals surface area contributed by atoms with E-state index in [0.717, 1.165) is 0 Å². The van der Waals surface area contributed by atoms with Crippen LogP contribution < -0.4 is 0 Å². The molecule has 0 aliphatic rings. The van der Waals surface area contributed by atoms with Crippen LogP contribution >= 0.6 is 0 Å². The highest BCUT2D eigenvalue weighted by Crippen LogP contribution is 2.28. The molecule has 0 heterocycles. The van der Waals surface area contributed by atoms with Gasteiger partial charge in [0.1, 0.15) is 15.4 Å². The Bertz CT molecular complexity index is 315. The van der Waals surface area contributed by atoms with Crippen LogP contribution in [0.1, 0.15) is 27.2 Å². The Labute approximate surface area is 92.5 Å². The van der Waals surface area contributed by atoms with E-state index in [0.29, 0.717) is 0 Å². The van der Waals surface area contributed by atoms with Gasteiger partial charge in [-0.3, -0.25) is 0 Å². The monoisotopic (exact) mass is 263 g/mol. The van der Waals surface area contributed by atoms with Gasteiger partial charge in [-0.05, 0) is 27.2 Å². The van der Waals surface area contributed by atoms with Crippen molar-refractivity contribution < 1.29 is 30.9 Å².